The number of carboxylic acid groups (broad SMARTS) is 1. The Hall–Kier alpha value is -0.990. The van der Waals surface area contributed by atoms with Crippen LogP contribution in [0.25, 0.3) is 0 Å². The van der Waals surface area contributed by atoms with E-state index >= 15 is 0 Å². The summed E-state index contributed by atoms with van der Waals surface area (Å²) in [4.78, 5) is 24.4. The number of hydrogen-bond donors (Lipinski definition) is 3. The first kappa shape index (κ1) is 19.0. The van der Waals surface area contributed by atoms with Gasteiger partial charge in [0, 0.05) is 13.1 Å². The van der Waals surface area contributed by atoms with Crippen molar-refractivity contribution < 1.29 is 19.4 Å². The molecule has 0 unspecified atom stereocenters. The van der Waals surface area contributed by atoms with Crippen LogP contribution < -0.4 is 10.6 Å². The van der Waals surface area contributed by atoms with E-state index in [1.54, 1.807) is 11.8 Å². The number of urea groups is 1. The van der Waals surface area contributed by atoms with Crippen LogP contribution in [0.15, 0.2) is 0 Å². The van der Waals surface area contributed by atoms with E-state index < -0.39 is 18.0 Å². The number of carbonyl (C=O) groups is 2. The predicted molar refractivity (Wildman–Crippen MR) is 80.3 cm³/mol. The van der Waals surface area contributed by atoms with Crippen LogP contribution in [-0.2, 0) is 9.53 Å². The highest BCUT2D eigenvalue weighted by Gasteiger charge is 2.18. The summed E-state index contributed by atoms with van der Waals surface area (Å²) >= 11 is 1.54. The zero-order valence-electron chi connectivity index (χ0n) is 12.3. The molecule has 118 valence electrons. The molecule has 0 bridgehead atoms. The average molecular weight is 307 g/mol. The summed E-state index contributed by atoms with van der Waals surface area (Å²) in [6, 6.07) is -1.33. The fraction of sp³-hybridized carbons (Fsp3) is 0.833. The number of carbonyl (C=O) groups excluding carboxylic acids is 1. The zero-order chi connectivity index (χ0) is 15.4. The summed E-state index contributed by atoms with van der Waals surface area (Å²) < 4.78 is 5.31. The summed E-state index contributed by atoms with van der Waals surface area (Å²) in [7, 11) is 3.91. The number of likely N-dealkylation sites (N-methyl/N-ethyl adjacent to an activating group) is 1. The molecule has 0 heterocycles. The highest BCUT2D eigenvalue weighted by Crippen LogP contribution is 2.00. The van der Waals surface area contributed by atoms with E-state index in [1.807, 2.05) is 25.3 Å². The molecule has 1 atom stereocenters. The van der Waals surface area contributed by atoms with Gasteiger partial charge in [-0.1, -0.05) is 0 Å². The maximum atomic E-state index is 11.5. The molecule has 0 fully saturated rings. The molecule has 3 N–H and O–H groups in total. The van der Waals surface area contributed by atoms with Crippen LogP contribution in [0.3, 0.4) is 0 Å². The molecular weight excluding hydrogens is 282 g/mol. The third kappa shape index (κ3) is 10.9. The summed E-state index contributed by atoms with van der Waals surface area (Å²) in [6.07, 6.45) is 2.30. The molecule has 0 aliphatic heterocycles. The molecule has 8 heteroatoms. The Bertz CT molecular complexity index is 290. The molecule has 0 rings (SSSR count). The largest absolute Gasteiger partial charge is 0.480 e. The number of rotatable bonds is 11. The SMILES string of the molecule is CSCC[C@H](NC(=O)NCCOCCN(C)C)C(=O)O. The predicted octanol–water partition coefficient (Wildman–Crippen LogP) is 0.0701. The molecule has 0 aromatic heterocycles. The maximum Gasteiger partial charge on any atom is 0.326 e. The minimum atomic E-state index is -1.02. The second-order valence-electron chi connectivity index (χ2n) is 4.49. The van der Waals surface area contributed by atoms with E-state index in [0.717, 1.165) is 6.54 Å². The van der Waals surface area contributed by atoms with Gasteiger partial charge in [-0.2, -0.15) is 11.8 Å². The summed E-state index contributed by atoms with van der Waals surface area (Å²) in [5.41, 5.74) is 0. The van der Waals surface area contributed by atoms with E-state index in [4.69, 9.17) is 9.84 Å². The van der Waals surface area contributed by atoms with Gasteiger partial charge < -0.3 is 25.4 Å². The lowest BCUT2D eigenvalue weighted by Gasteiger charge is -2.15. The van der Waals surface area contributed by atoms with Crippen molar-refractivity contribution in [3.63, 3.8) is 0 Å². The van der Waals surface area contributed by atoms with Gasteiger partial charge in [-0.25, -0.2) is 9.59 Å². The van der Waals surface area contributed by atoms with Crippen LogP contribution in [0.5, 0.6) is 0 Å². The van der Waals surface area contributed by atoms with Gasteiger partial charge in [0.2, 0.25) is 0 Å². The molecule has 0 radical (unpaired) electrons. The fourth-order valence-electron chi connectivity index (χ4n) is 1.29. The average Bonchev–Trinajstić information content (AvgIpc) is 2.37. The van der Waals surface area contributed by atoms with Gasteiger partial charge in [-0.3, -0.25) is 0 Å². The number of hydrogen-bond acceptors (Lipinski definition) is 5. The van der Waals surface area contributed by atoms with Crippen LogP contribution >= 0.6 is 11.8 Å². The van der Waals surface area contributed by atoms with E-state index in [2.05, 4.69) is 10.6 Å². The Morgan fingerprint density at radius 1 is 1.35 bits per heavy atom. The van der Waals surface area contributed by atoms with Crippen LogP contribution in [0.1, 0.15) is 6.42 Å². The van der Waals surface area contributed by atoms with Gasteiger partial charge in [0.05, 0.1) is 13.2 Å². The quantitative estimate of drug-likeness (QED) is 0.468. The molecule has 0 aromatic carbocycles. The Balaban J connectivity index is 3.71. The third-order valence-corrected chi connectivity index (χ3v) is 3.07. The molecule has 0 saturated heterocycles. The minimum absolute atomic E-state index is 0.355. The van der Waals surface area contributed by atoms with Crippen LogP contribution in [0.2, 0.25) is 0 Å². The molecule has 20 heavy (non-hydrogen) atoms. The van der Waals surface area contributed by atoms with Crippen LogP contribution in [0.4, 0.5) is 4.79 Å². The van der Waals surface area contributed by atoms with E-state index in [9.17, 15) is 9.59 Å². The van der Waals surface area contributed by atoms with Crippen molar-refractivity contribution in [1.29, 1.82) is 0 Å². The highest BCUT2D eigenvalue weighted by molar-refractivity contribution is 7.98. The van der Waals surface area contributed by atoms with Crippen LogP contribution in [-0.4, -0.2) is 80.5 Å². The normalized spacial score (nSPS) is 12.2. The van der Waals surface area contributed by atoms with Crippen molar-refractivity contribution in [3.05, 3.63) is 0 Å². The molecule has 0 aromatic rings. The lowest BCUT2D eigenvalue weighted by molar-refractivity contribution is -0.139. The summed E-state index contributed by atoms with van der Waals surface area (Å²) in [6.45, 7) is 2.18. The van der Waals surface area contributed by atoms with Gasteiger partial charge in [0.1, 0.15) is 6.04 Å². The lowest BCUT2D eigenvalue weighted by atomic mass is 10.2. The first-order chi connectivity index (χ1) is 9.47. The monoisotopic (exact) mass is 307 g/mol. The number of aliphatic carboxylic acids is 1. The Kier molecular flexibility index (Phi) is 11.2. The van der Waals surface area contributed by atoms with Crippen molar-refractivity contribution in [2.24, 2.45) is 0 Å². The number of nitrogens with zero attached hydrogens (tertiary/aromatic N) is 1. The maximum absolute atomic E-state index is 11.5. The highest BCUT2D eigenvalue weighted by atomic mass is 32.2. The van der Waals surface area contributed by atoms with Crippen LogP contribution in [0, 0.1) is 0 Å². The molecule has 7 nitrogen and oxygen atoms in total. The number of amides is 2. The van der Waals surface area contributed by atoms with Gasteiger partial charge in [-0.05, 0) is 32.5 Å². The summed E-state index contributed by atoms with van der Waals surface area (Å²) in [5.74, 6) is -0.332. The van der Waals surface area contributed by atoms with E-state index in [0.29, 0.717) is 31.9 Å². The third-order valence-electron chi connectivity index (χ3n) is 2.43. The number of thioether (sulfide) groups is 1. The van der Waals surface area contributed by atoms with Crippen molar-refractivity contribution in [1.82, 2.24) is 15.5 Å². The second-order valence-corrected chi connectivity index (χ2v) is 5.47. The molecule has 2 amide bonds. The standard InChI is InChI=1S/C12H25N3O4S/c1-15(2)6-8-19-7-5-13-12(18)14-10(11(16)17)4-9-20-3/h10H,4-9H2,1-3H3,(H,16,17)(H2,13,14,18)/t10-/m0/s1. The second kappa shape index (κ2) is 11.8. The summed E-state index contributed by atoms with van der Waals surface area (Å²) in [5, 5.41) is 14.0. The van der Waals surface area contributed by atoms with Crippen molar-refractivity contribution in [3.8, 4) is 0 Å². The minimum Gasteiger partial charge on any atom is -0.480 e. The number of nitrogens with one attached hydrogen (secondary N) is 2. The Morgan fingerprint density at radius 3 is 2.60 bits per heavy atom. The van der Waals surface area contributed by atoms with Crippen molar-refractivity contribution in [2.75, 3.05) is 52.4 Å². The molecule has 0 aliphatic rings. The van der Waals surface area contributed by atoms with Crippen molar-refractivity contribution >= 4 is 23.8 Å². The molecule has 0 saturated carbocycles. The molecular formula is C12H25N3O4S. The lowest BCUT2D eigenvalue weighted by Crippen LogP contribution is -2.47. The fourth-order valence-corrected chi connectivity index (χ4v) is 1.76. The molecule has 0 aliphatic carbocycles. The van der Waals surface area contributed by atoms with E-state index in [1.165, 1.54) is 0 Å². The topological polar surface area (TPSA) is 90.9 Å². The van der Waals surface area contributed by atoms with E-state index in [-0.39, 0.29) is 0 Å². The smallest absolute Gasteiger partial charge is 0.326 e. The number of carboxylic acids is 1. The first-order valence-corrected chi connectivity index (χ1v) is 7.85. The zero-order valence-corrected chi connectivity index (χ0v) is 13.2. The number of ether oxygens (including phenoxy) is 1. The Labute approximate surface area is 124 Å². The first-order valence-electron chi connectivity index (χ1n) is 6.46. The van der Waals surface area contributed by atoms with Gasteiger partial charge >= 0.3 is 12.0 Å². The van der Waals surface area contributed by atoms with Gasteiger partial charge in [0.25, 0.3) is 0 Å². The molecule has 0 spiro atoms. The van der Waals surface area contributed by atoms with Crippen molar-refractivity contribution in [2.45, 2.75) is 12.5 Å². The Morgan fingerprint density at radius 2 is 2.05 bits per heavy atom. The van der Waals surface area contributed by atoms with Gasteiger partial charge in [0.15, 0.2) is 0 Å². The van der Waals surface area contributed by atoms with Gasteiger partial charge in [-0.15, -0.1) is 0 Å².